The van der Waals surface area contributed by atoms with Gasteiger partial charge in [0.25, 0.3) is 0 Å². The summed E-state index contributed by atoms with van der Waals surface area (Å²) in [5, 5.41) is 1.98. The van der Waals surface area contributed by atoms with Crippen LogP contribution in [0.1, 0.15) is 10.4 Å². The van der Waals surface area contributed by atoms with Crippen molar-refractivity contribution in [2.45, 2.75) is 0 Å². The zero-order valence-corrected chi connectivity index (χ0v) is 10.2. The van der Waals surface area contributed by atoms with Gasteiger partial charge in [-0.25, -0.2) is 9.97 Å². The molecule has 0 aliphatic rings. The van der Waals surface area contributed by atoms with Crippen LogP contribution in [-0.4, -0.2) is 20.7 Å². The molecule has 88 valence electrons. The Morgan fingerprint density at radius 1 is 1.44 bits per heavy atom. The van der Waals surface area contributed by atoms with E-state index in [0.29, 0.717) is 16.7 Å². The Balaban J connectivity index is 2.23. The van der Waals surface area contributed by atoms with Gasteiger partial charge in [-0.05, 0) is 23.6 Å². The fraction of sp³-hybridized carbons (Fsp3) is 0. The van der Waals surface area contributed by atoms with Gasteiger partial charge in [0.1, 0.15) is 0 Å². The van der Waals surface area contributed by atoms with Crippen molar-refractivity contribution in [3.63, 3.8) is 0 Å². The molecule has 0 atom stereocenters. The van der Waals surface area contributed by atoms with Crippen molar-refractivity contribution >= 4 is 28.3 Å². The Kier molecular flexibility index (Phi) is 2.53. The fourth-order valence-corrected chi connectivity index (χ4v) is 2.43. The molecule has 3 rings (SSSR count). The highest BCUT2D eigenvalue weighted by Gasteiger charge is 2.13. The lowest BCUT2D eigenvalue weighted by Gasteiger charge is -1.95. The number of hydrogen-bond acceptors (Lipinski definition) is 4. The van der Waals surface area contributed by atoms with E-state index >= 15 is 0 Å². The van der Waals surface area contributed by atoms with E-state index in [4.69, 9.17) is 0 Å². The number of rotatable bonds is 3. The summed E-state index contributed by atoms with van der Waals surface area (Å²) in [5.74, 6) is 0.598. The van der Waals surface area contributed by atoms with Gasteiger partial charge in [0.2, 0.25) is 0 Å². The van der Waals surface area contributed by atoms with Gasteiger partial charge < -0.3 is 4.98 Å². The Morgan fingerprint density at radius 3 is 3.06 bits per heavy atom. The minimum atomic E-state index is -0.135. The summed E-state index contributed by atoms with van der Waals surface area (Å²) in [5.41, 5.74) is 1.75. The van der Waals surface area contributed by atoms with Gasteiger partial charge in [-0.15, -0.1) is 11.3 Å². The van der Waals surface area contributed by atoms with Crippen molar-refractivity contribution in [2.24, 2.45) is 0 Å². The van der Waals surface area contributed by atoms with Crippen LogP contribution in [0.4, 0.5) is 0 Å². The predicted octanol–water partition coefficient (Wildman–Crippen LogP) is 3.06. The second-order valence-corrected chi connectivity index (χ2v) is 4.64. The lowest BCUT2D eigenvalue weighted by Crippen LogP contribution is -1.95. The average molecular weight is 255 g/mol. The predicted molar refractivity (Wildman–Crippen MR) is 71.7 cm³/mol. The lowest BCUT2D eigenvalue weighted by atomic mass is 10.1. The molecule has 0 radical (unpaired) electrons. The lowest BCUT2D eigenvalue weighted by molar-refractivity contribution is 0.104. The van der Waals surface area contributed by atoms with E-state index in [2.05, 4.69) is 21.5 Å². The first-order valence-corrected chi connectivity index (χ1v) is 6.23. The number of pyridine rings is 1. The average Bonchev–Trinajstić information content (AvgIpc) is 3.04. The standard InChI is InChI=1S/C13H9N3OS/c1-2-9(17)8-5-6-14-13-11(8)15-12(16-13)10-4-3-7-18-10/h2-7H,1H2,(H,14,15,16). The fourth-order valence-electron chi connectivity index (χ4n) is 1.76. The first-order chi connectivity index (χ1) is 8.79. The Bertz CT molecular complexity index is 728. The second-order valence-electron chi connectivity index (χ2n) is 3.69. The van der Waals surface area contributed by atoms with Crippen LogP contribution in [0.2, 0.25) is 0 Å². The topological polar surface area (TPSA) is 58.6 Å². The molecular weight excluding hydrogens is 246 g/mol. The van der Waals surface area contributed by atoms with Crippen molar-refractivity contribution in [2.75, 3.05) is 0 Å². The summed E-state index contributed by atoms with van der Waals surface area (Å²) in [6.07, 6.45) is 2.87. The number of carbonyl (C=O) groups excluding carboxylic acids is 1. The number of aromatic nitrogens is 3. The molecule has 0 unspecified atom stereocenters. The van der Waals surface area contributed by atoms with E-state index in [9.17, 15) is 4.79 Å². The van der Waals surface area contributed by atoms with Gasteiger partial charge in [0.15, 0.2) is 17.3 Å². The first kappa shape index (κ1) is 10.9. The van der Waals surface area contributed by atoms with Gasteiger partial charge in [-0.3, -0.25) is 4.79 Å². The van der Waals surface area contributed by atoms with E-state index in [1.54, 1.807) is 23.6 Å². The Labute approximate surface area is 107 Å². The Morgan fingerprint density at radius 2 is 2.33 bits per heavy atom. The minimum absolute atomic E-state index is 0.135. The molecule has 5 heteroatoms. The molecule has 0 spiro atoms. The zero-order valence-electron chi connectivity index (χ0n) is 9.38. The van der Waals surface area contributed by atoms with Crippen molar-refractivity contribution in [1.82, 2.24) is 15.0 Å². The summed E-state index contributed by atoms with van der Waals surface area (Å²) in [6, 6.07) is 5.59. The molecule has 3 aromatic heterocycles. The maximum absolute atomic E-state index is 11.7. The third kappa shape index (κ3) is 1.65. The number of H-pyrrole nitrogens is 1. The summed E-state index contributed by atoms with van der Waals surface area (Å²) >= 11 is 1.58. The maximum atomic E-state index is 11.7. The van der Waals surface area contributed by atoms with Gasteiger partial charge >= 0.3 is 0 Å². The molecule has 0 aliphatic carbocycles. The molecular formula is C13H9N3OS. The van der Waals surface area contributed by atoms with Crippen molar-refractivity contribution in [3.8, 4) is 10.7 Å². The van der Waals surface area contributed by atoms with Gasteiger partial charge in [-0.1, -0.05) is 12.6 Å². The number of carbonyl (C=O) groups is 1. The summed E-state index contributed by atoms with van der Waals surface area (Å²) in [6.45, 7) is 3.50. The molecule has 4 nitrogen and oxygen atoms in total. The highest BCUT2D eigenvalue weighted by atomic mass is 32.1. The molecule has 3 heterocycles. The van der Waals surface area contributed by atoms with E-state index < -0.39 is 0 Å². The molecule has 0 saturated carbocycles. The normalized spacial score (nSPS) is 10.7. The molecule has 0 bridgehead atoms. The number of nitrogens with one attached hydrogen (secondary N) is 1. The molecule has 0 fully saturated rings. The zero-order chi connectivity index (χ0) is 12.5. The largest absolute Gasteiger partial charge is 0.335 e. The number of thiophene rings is 1. The van der Waals surface area contributed by atoms with E-state index in [1.807, 2.05) is 17.5 Å². The monoisotopic (exact) mass is 255 g/mol. The van der Waals surface area contributed by atoms with Crippen LogP contribution in [0.3, 0.4) is 0 Å². The molecule has 18 heavy (non-hydrogen) atoms. The van der Waals surface area contributed by atoms with Crippen LogP contribution in [0.15, 0.2) is 42.4 Å². The molecule has 1 N–H and O–H groups in total. The molecule has 0 aliphatic heterocycles. The molecule has 3 aromatic rings. The van der Waals surface area contributed by atoms with E-state index in [-0.39, 0.29) is 5.78 Å². The van der Waals surface area contributed by atoms with E-state index in [1.165, 1.54) is 6.08 Å². The quantitative estimate of drug-likeness (QED) is 0.578. The van der Waals surface area contributed by atoms with Gasteiger partial charge in [0.05, 0.1) is 16.0 Å². The first-order valence-electron chi connectivity index (χ1n) is 5.35. The Hall–Kier alpha value is -2.27. The van der Waals surface area contributed by atoms with Gasteiger partial charge in [0, 0.05) is 6.20 Å². The van der Waals surface area contributed by atoms with Crippen LogP contribution in [0.5, 0.6) is 0 Å². The van der Waals surface area contributed by atoms with Crippen molar-refractivity contribution < 1.29 is 4.79 Å². The van der Waals surface area contributed by atoms with Crippen LogP contribution in [0.25, 0.3) is 21.9 Å². The number of ketones is 1. The summed E-state index contributed by atoms with van der Waals surface area (Å²) < 4.78 is 0. The number of fused-ring (bicyclic) bond motifs is 1. The molecule has 0 aromatic carbocycles. The highest BCUT2D eigenvalue weighted by molar-refractivity contribution is 7.13. The third-order valence-electron chi connectivity index (χ3n) is 2.60. The highest BCUT2D eigenvalue weighted by Crippen LogP contribution is 2.25. The SMILES string of the molecule is C=CC(=O)c1ccnc2nc(-c3cccs3)[nH]c12. The number of allylic oxidation sites excluding steroid dienone is 1. The van der Waals surface area contributed by atoms with Crippen LogP contribution in [-0.2, 0) is 0 Å². The number of aromatic amines is 1. The second kappa shape index (κ2) is 4.19. The maximum Gasteiger partial charge on any atom is 0.187 e. The van der Waals surface area contributed by atoms with E-state index in [0.717, 1.165) is 10.7 Å². The van der Waals surface area contributed by atoms with Crippen molar-refractivity contribution in [3.05, 3.63) is 48.0 Å². The number of nitrogens with zero attached hydrogens (tertiary/aromatic N) is 2. The third-order valence-corrected chi connectivity index (χ3v) is 3.47. The molecule has 0 amide bonds. The summed E-state index contributed by atoms with van der Waals surface area (Å²) in [7, 11) is 0. The molecule has 0 saturated heterocycles. The summed E-state index contributed by atoms with van der Waals surface area (Å²) in [4.78, 5) is 24.5. The number of imidazole rings is 1. The van der Waals surface area contributed by atoms with Crippen molar-refractivity contribution in [1.29, 1.82) is 0 Å². The smallest absolute Gasteiger partial charge is 0.187 e. The van der Waals surface area contributed by atoms with Crippen LogP contribution in [0, 0.1) is 0 Å². The number of hydrogen-bond donors (Lipinski definition) is 1. The van der Waals surface area contributed by atoms with Crippen LogP contribution < -0.4 is 0 Å². The minimum Gasteiger partial charge on any atom is -0.335 e. The van der Waals surface area contributed by atoms with Crippen LogP contribution >= 0.6 is 11.3 Å². The van der Waals surface area contributed by atoms with Gasteiger partial charge in [-0.2, -0.15) is 0 Å².